The number of aliphatic hydroxyl groups is 1. The number of nitrogens with zero attached hydrogens (tertiary/aromatic N) is 3. The van der Waals surface area contributed by atoms with E-state index in [-0.39, 0.29) is 0 Å². The number of rotatable bonds is 1. The summed E-state index contributed by atoms with van der Waals surface area (Å²) in [4.78, 5) is 1.50. The summed E-state index contributed by atoms with van der Waals surface area (Å²) in [5, 5.41) is 18.4. The lowest BCUT2D eigenvalue weighted by Crippen LogP contribution is -2.22. The van der Waals surface area contributed by atoms with Gasteiger partial charge in [-0.15, -0.1) is 0 Å². The van der Waals surface area contributed by atoms with E-state index in [4.69, 9.17) is 0 Å². The van der Waals surface area contributed by atoms with E-state index in [1.807, 2.05) is 0 Å². The number of aryl methyl sites for hydroxylation is 1. The Morgan fingerprint density at radius 1 is 1.69 bits per heavy atom. The molecule has 0 radical (unpaired) electrons. The Morgan fingerprint density at radius 2 is 2.46 bits per heavy atom. The van der Waals surface area contributed by atoms with Crippen LogP contribution in [0.1, 0.15) is 31.9 Å². The Balaban J connectivity index is 2.25. The molecular formula is C9H15N3O. The second-order valence-corrected chi connectivity index (χ2v) is 4.10. The van der Waals surface area contributed by atoms with E-state index in [1.54, 1.807) is 13.2 Å². The topological polar surface area (TPSA) is 50.9 Å². The molecule has 4 nitrogen and oxygen atoms in total. The van der Waals surface area contributed by atoms with Crippen LogP contribution in [0.15, 0.2) is 6.20 Å². The van der Waals surface area contributed by atoms with Crippen molar-refractivity contribution in [2.75, 3.05) is 0 Å². The molecule has 0 bridgehead atoms. The predicted octanol–water partition coefficient (Wildman–Crippen LogP) is 0.823. The highest BCUT2D eigenvalue weighted by atomic mass is 16.3. The van der Waals surface area contributed by atoms with Crippen LogP contribution in [0.5, 0.6) is 0 Å². The molecule has 0 spiro atoms. The average Bonchev–Trinajstić information content (AvgIpc) is 2.60. The second kappa shape index (κ2) is 2.80. The maximum absolute atomic E-state index is 10.2. The van der Waals surface area contributed by atoms with Crippen molar-refractivity contribution in [1.29, 1.82) is 0 Å². The fraction of sp³-hybridized carbons (Fsp3) is 0.778. The van der Waals surface area contributed by atoms with Crippen LogP contribution in [0, 0.1) is 5.92 Å². The molecular weight excluding hydrogens is 166 g/mol. The Hall–Kier alpha value is -0.900. The highest BCUT2D eigenvalue weighted by Crippen LogP contribution is 2.40. The molecule has 2 rings (SSSR count). The summed E-state index contributed by atoms with van der Waals surface area (Å²) in [6.45, 7) is 2.16. The Kier molecular flexibility index (Phi) is 1.87. The van der Waals surface area contributed by atoms with Crippen molar-refractivity contribution in [2.45, 2.75) is 31.8 Å². The number of aromatic nitrogens is 3. The van der Waals surface area contributed by atoms with Gasteiger partial charge in [-0.25, -0.2) is 0 Å². The van der Waals surface area contributed by atoms with Gasteiger partial charge in [-0.2, -0.15) is 15.0 Å². The normalized spacial score (nSPS) is 33.9. The molecule has 1 N–H and O–H groups in total. The van der Waals surface area contributed by atoms with E-state index in [0.29, 0.717) is 5.92 Å². The van der Waals surface area contributed by atoms with Crippen molar-refractivity contribution in [1.82, 2.24) is 15.0 Å². The molecule has 1 aromatic rings. The standard InChI is InChI=1S/C9H15N3O/c1-7-3-4-9(13,5-7)8-6-10-12(2)11-8/h6-7,13H,3-5H2,1-2H3. The first-order valence-electron chi connectivity index (χ1n) is 4.69. The minimum atomic E-state index is -0.715. The minimum Gasteiger partial charge on any atom is -0.383 e. The number of hydrogen-bond donors (Lipinski definition) is 1. The van der Waals surface area contributed by atoms with Crippen molar-refractivity contribution in [2.24, 2.45) is 13.0 Å². The summed E-state index contributed by atoms with van der Waals surface area (Å²) < 4.78 is 0. The summed E-state index contributed by atoms with van der Waals surface area (Å²) in [6.07, 6.45) is 4.36. The van der Waals surface area contributed by atoms with E-state index < -0.39 is 5.60 Å². The quantitative estimate of drug-likeness (QED) is 0.698. The summed E-state index contributed by atoms with van der Waals surface area (Å²) in [5.41, 5.74) is 0.00701. The molecule has 1 heterocycles. The largest absolute Gasteiger partial charge is 0.383 e. The van der Waals surface area contributed by atoms with Crippen molar-refractivity contribution in [3.8, 4) is 0 Å². The van der Waals surface area contributed by atoms with Gasteiger partial charge in [0.25, 0.3) is 0 Å². The number of hydrogen-bond acceptors (Lipinski definition) is 3. The highest BCUT2D eigenvalue weighted by Gasteiger charge is 2.39. The molecule has 2 atom stereocenters. The first-order chi connectivity index (χ1) is 6.10. The van der Waals surface area contributed by atoms with Gasteiger partial charge in [-0.05, 0) is 25.2 Å². The van der Waals surface area contributed by atoms with E-state index >= 15 is 0 Å². The van der Waals surface area contributed by atoms with Crippen LogP contribution in [-0.2, 0) is 12.6 Å². The van der Waals surface area contributed by atoms with Crippen LogP contribution >= 0.6 is 0 Å². The fourth-order valence-electron chi connectivity index (χ4n) is 2.06. The van der Waals surface area contributed by atoms with Gasteiger partial charge in [0.15, 0.2) is 0 Å². The summed E-state index contributed by atoms with van der Waals surface area (Å²) in [7, 11) is 1.77. The maximum atomic E-state index is 10.2. The Bertz CT molecular complexity index is 310. The first kappa shape index (κ1) is 8.69. The van der Waals surface area contributed by atoms with Crippen LogP contribution in [0.3, 0.4) is 0 Å². The fourth-order valence-corrected chi connectivity index (χ4v) is 2.06. The van der Waals surface area contributed by atoms with Gasteiger partial charge in [0.2, 0.25) is 0 Å². The van der Waals surface area contributed by atoms with Crippen LogP contribution in [0.25, 0.3) is 0 Å². The molecule has 0 amide bonds. The van der Waals surface area contributed by atoms with Gasteiger partial charge < -0.3 is 5.11 Å². The molecule has 1 saturated carbocycles. The lowest BCUT2D eigenvalue weighted by molar-refractivity contribution is 0.0357. The van der Waals surface area contributed by atoms with Crippen molar-refractivity contribution in [3.63, 3.8) is 0 Å². The predicted molar refractivity (Wildman–Crippen MR) is 47.9 cm³/mol. The van der Waals surface area contributed by atoms with Gasteiger partial charge in [-0.3, -0.25) is 0 Å². The molecule has 1 aliphatic carbocycles. The summed E-state index contributed by atoms with van der Waals surface area (Å²) in [5.74, 6) is 0.590. The van der Waals surface area contributed by atoms with Gasteiger partial charge >= 0.3 is 0 Å². The van der Waals surface area contributed by atoms with E-state index in [9.17, 15) is 5.11 Å². The molecule has 4 heteroatoms. The average molecular weight is 181 g/mol. The summed E-state index contributed by atoms with van der Waals surface area (Å²) in [6, 6.07) is 0. The van der Waals surface area contributed by atoms with Gasteiger partial charge in [0.1, 0.15) is 11.3 Å². The highest BCUT2D eigenvalue weighted by molar-refractivity contribution is 5.09. The molecule has 0 saturated heterocycles. The van der Waals surface area contributed by atoms with Crippen LogP contribution in [-0.4, -0.2) is 20.1 Å². The molecule has 1 fully saturated rings. The molecule has 13 heavy (non-hydrogen) atoms. The zero-order valence-corrected chi connectivity index (χ0v) is 8.06. The van der Waals surface area contributed by atoms with E-state index in [0.717, 1.165) is 25.0 Å². The molecule has 0 aromatic carbocycles. The zero-order valence-electron chi connectivity index (χ0n) is 8.06. The van der Waals surface area contributed by atoms with Crippen LogP contribution < -0.4 is 0 Å². The van der Waals surface area contributed by atoms with Gasteiger partial charge in [-0.1, -0.05) is 6.92 Å². The Labute approximate surface area is 77.6 Å². The van der Waals surface area contributed by atoms with Crippen LogP contribution in [0.4, 0.5) is 0 Å². The molecule has 1 aromatic heterocycles. The molecule has 72 valence electrons. The first-order valence-corrected chi connectivity index (χ1v) is 4.69. The van der Waals surface area contributed by atoms with Gasteiger partial charge in [0.05, 0.1) is 6.20 Å². The lowest BCUT2D eigenvalue weighted by atomic mass is 9.97. The van der Waals surface area contributed by atoms with E-state index in [2.05, 4.69) is 17.1 Å². The monoisotopic (exact) mass is 181 g/mol. The SMILES string of the molecule is CC1CCC(O)(c2cnn(C)n2)C1. The van der Waals surface area contributed by atoms with Gasteiger partial charge in [0, 0.05) is 7.05 Å². The lowest BCUT2D eigenvalue weighted by Gasteiger charge is -2.18. The minimum absolute atomic E-state index is 0.590. The van der Waals surface area contributed by atoms with Crippen LogP contribution in [0.2, 0.25) is 0 Å². The van der Waals surface area contributed by atoms with Crippen molar-refractivity contribution >= 4 is 0 Å². The summed E-state index contributed by atoms with van der Waals surface area (Å²) >= 11 is 0. The third-order valence-electron chi connectivity index (χ3n) is 2.81. The third kappa shape index (κ3) is 1.46. The Morgan fingerprint density at radius 3 is 2.92 bits per heavy atom. The van der Waals surface area contributed by atoms with Crippen molar-refractivity contribution < 1.29 is 5.11 Å². The smallest absolute Gasteiger partial charge is 0.114 e. The molecule has 2 unspecified atom stereocenters. The zero-order chi connectivity index (χ0) is 9.47. The second-order valence-electron chi connectivity index (χ2n) is 4.10. The van der Waals surface area contributed by atoms with Crippen molar-refractivity contribution in [3.05, 3.63) is 11.9 Å². The third-order valence-corrected chi connectivity index (χ3v) is 2.81. The molecule has 1 aliphatic rings. The van der Waals surface area contributed by atoms with E-state index in [1.165, 1.54) is 4.80 Å². The maximum Gasteiger partial charge on any atom is 0.114 e. The molecule has 0 aliphatic heterocycles.